The molecule has 0 aromatic heterocycles. The molecule has 0 saturated carbocycles. The van der Waals surface area contributed by atoms with Gasteiger partial charge in [0.2, 0.25) is 0 Å². The number of nitro groups is 1. The highest BCUT2D eigenvalue weighted by Crippen LogP contribution is 2.20. The summed E-state index contributed by atoms with van der Waals surface area (Å²) in [7, 11) is 0. The van der Waals surface area contributed by atoms with E-state index in [1.54, 1.807) is 19.1 Å². The number of benzene rings is 2. The summed E-state index contributed by atoms with van der Waals surface area (Å²) in [5.74, 6) is -1.00. The van der Waals surface area contributed by atoms with E-state index < -0.39 is 16.5 Å². The molecular weight excluding hydrogens is 277 g/mol. The van der Waals surface area contributed by atoms with E-state index in [9.17, 15) is 19.3 Å². The SMILES string of the molecule is Cc1cccc(OCC(=O)c2cccc([N+](=O)[O-])c2)c1F. The minimum absolute atomic E-state index is 0.0196. The number of Topliss-reactive ketones (excluding diaryl/α,β-unsaturated/α-hetero) is 1. The molecule has 2 aromatic carbocycles. The summed E-state index contributed by atoms with van der Waals surface area (Å²) in [6, 6.07) is 9.94. The number of ketones is 1. The van der Waals surface area contributed by atoms with Gasteiger partial charge in [0.25, 0.3) is 5.69 Å². The number of nitro benzene ring substituents is 1. The second-order valence-corrected chi connectivity index (χ2v) is 4.41. The number of carbonyl (C=O) groups excluding carboxylic acids is 1. The summed E-state index contributed by atoms with van der Waals surface area (Å²) < 4.78 is 18.8. The largest absolute Gasteiger partial charge is 0.482 e. The number of rotatable bonds is 5. The smallest absolute Gasteiger partial charge is 0.270 e. The molecule has 2 rings (SSSR count). The van der Waals surface area contributed by atoms with Gasteiger partial charge in [0.1, 0.15) is 0 Å². The predicted octanol–water partition coefficient (Wildman–Crippen LogP) is 3.30. The molecule has 108 valence electrons. The van der Waals surface area contributed by atoms with E-state index in [1.807, 2.05) is 0 Å². The van der Waals surface area contributed by atoms with Crippen molar-refractivity contribution in [3.63, 3.8) is 0 Å². The summed E-state index contributed by atoms with van der Waals surface area (Å²) in [6.45, 7) is 1.20. The number of non-ortho nitro benzene ring substituents is 1. The Morgan fingerprint density at radius 2 is 2.00 bits per heavy atom. The van der Waals surface area contributed by atoms with Crippen LogP contribution < -0.4 is 4.74 Å². The zero-order valence-corrected chi connectivity index (χ0v) is 11.2. The summed E-state index contributed by atoms with van der Waals surface area (Å²) in [5.41, 5.74) is 0.384. The minimum Gasteiger partial charge on any atom is -0.482 e. The van der Waals surface area contributed by atoms with Crippen LogP contribution in [0.4, 0.5) is 10.1 Å². The van der Waals surface area contributed by atoms with E-state index in [0.717, 1.165) is 6.07 Å². The van der Waals surface area contributed by atoms with Crippen molar-refractivity contribution in [2.24, 2.45) is 0 Å². The lowest BCUT2D eigenvalue weighted by Crippen LogP contribution is -2.12. The van der Waals surface area contributed by atoms with Gasteiger partial charge in [0, 0.05) is 17.7 Å². The van der Waals surface area contributed by atoms with Gasteiger partial charge in [-0.1, -0.05) is 24.3 Å². The molecule has 0 spiro atoms. The van der Waals surface area contributed by atoms with Crippen LogP contribution in [0.2, 0.25) is 0 Å². The van der Waals surface area contributed by atoms with Crippen LogP contribution in [0.5, 0.6) is 5.75 Å². The van der Waals surface area contributed by atoms with Gasteiger partial charge in [-0.05, 0) is 18.6 Å². The Morgan fingerprint density at radius 3 is 2.71 bits per heavy atom. The zero-order valence-electron chi connectivity index (χ0n) is 11.2. The Morgan fingerprint density at radius 1 is 1.29 bits per heavy atom. The molecule has 0 N–H and O–H groups in total. The molecule has 0 aliphatic rings. The maximum atomic E-state index is 13.7. The Labute approximate surface area is 120 Å². The molecule has 0 bridgehead atoms. The van der Waals surface area contributed by atoms with E-state index in [0.29, 0.717) is 5.56 Å². The molecule has 0 fully saturated rings. The topological polar surface area (TPSA) is 69.4 Å². The van der Waals surface area contributed by atoms with Gasteiger partial charge in [-0.2, -0.15) is 0 Å². The lowest BCUT2D eigenvalue weighted by atomic mass is 10.1. The first kappa shape index (κ1) is 14.6. The fourth-order valence-corrected chi connectivity index (χ4v) is 1.75. The molecule has 0 atom stereocenters. The standard InChI is InChI=1S/C15H12FNO4/c1-10-4-2-7-14(15(10)16)21-9-13(18)11-5-3-6-12(8-11)17(19)20/h2-8H,9H2,1H3. The molecule has 21 heavy (non-hydrogen) atoms. The van der Waals surface area contributed by atoms with Crippen molar-refractivity contribution in [2.45, 2.75) is 6.92 Å². The van der Waals surface area contributed by atoms with E-state index in [-0.39, 0.29) is 23.6 Å². The van der Waals surface area contributed by atoms with Gasteiger partial charge < -0.3 is 4.74 Å². The molecule has 0 radical (unpaired) electrons. The number of ether oxygens (including phenoxy) is 1. The second kappa shape index (κ2) is 6.13. The van der Waals surface area contributed by atoms with E-state index in [4.69, 9.17) is 4.74 Å². The Hall–Kier alpha value is -2.76. The van der Waals surface area contributed by atoms with Crippen molar-refractivity contribution in [1.29, 1.82) is 0 Å². The Balaban J connectivity index is 2.10. The average molecular weight is 289 g/mol. The van der Waals surface area contributed by atoms with Crippen LogP contribution >= 0.6 is 0 Å². The maximum absolute atomic E-state index is 13.7. The van der Waals surface area contributed by atoms with E-state index >= 15 is 0 Å². The summed E-state index contributed by atoms with van der Waals surface area (Å²) >= 11 is 0. The molecular formula is C15H12FNO4. The fraction of sp³-hybridized carbons (Fsp3) is 0.133. The van der Waals surface area contributed by atoms with Gasteiger partial charge in [0.05, 0.1) is 4.92 Å². The van der Waals surface area contributed by atoms with Gasteiger partial charge in [-0.15, -0.1) is 0 Å². The normalized spacial score (nSPS) is 10.2. The van der Waals surface area contributed by atoms with E-state index in [1.165, 1.54) is 24.3 Å². The van der Waals surface area contributed by atoms with Crippen molar-refractivity contribution < 1.29 is 18.8 Å². The number of hydrogen-bond acceptors (Lipinski definition) is 4. The van der Waals surface area contributed by atoms with E-state index in [2.05, 4.69) is 0 Å². The third-order valence-corrected chi connectivity index (χ3v) is 2.89. The van der Waals surface area contributed by atoms with Crippen LogP contribution in [0.1, 0.15) is 15.9 Å². The first-order valence-corrected chi connectivity index (χ1v) is 6.14. The lowest BCUT2D eigenvalue weighted by molar-refractivity contribution is -0.384. The van der Waals surface area contributed by atoms with Gasteiger partial charge >= 0.3 is 0 Å². The summed E-state index contributed by atoms with van der Waals surface area (Å²) in [6.07, 6.45) is 0. The van der Waals surface area contributed by atoms with Crippen LogP contribution in [-0.2, 0) is 0 Å². The number of hydrogen-bond donors (Lipinski definition) is 0. The zero-order chi connectivity index (χ0) is 15.4. The van der Waals surface area contributed by atoms with Gasteiger partial charge in [-0.25, -0.2) is 4.39 Å². The Bertz CT molecular complexity index is 700. The summed E-state index contributed by atoms with van der Waals surface area (Å²) in [4.78, 5) is 22.0. The van der Waals surface area contributed by atoms with Crippen LogP contribution in [0, 0.1) is 22.9 Å². The first-order chi connectivity index (χ1) is 9.99. The quantitative estimate of drug-likeness (QED) is 0.481. The molecule has 0 amide bonds. The molecule has 0 aliphatic carbocycles. The first-order valence-electron chi connectivity index (χ1n) is 6.14. The molecule has 5 nitrogen and oxygen atoms in total. The van der Waals surface area contributed by atoms with Crippen LogP contribution in [-0.4, -0.2) is 17.3 Å². The summed E-state index contributed by atoms with van der Waals surface area (Å²) in [5, 5.41) is 10.7. The third kappa shape index (κ3) is 3.42. The molecule has 0 aliphatic heterocycles. The number of halogens is 1. The maximum Gasteiger partial charge on any atom is 0.270 e. The van der Waals surface area contributed by atoms with Crippen molar-refractivity contribution in [3.05, 3.63) is 69.5 Å². The number of aryl methyl sites for hydroxylation is 1. The lowest BCUT2D eigenvalue weighted by Gasteiger charge is -2.07. The highest BCUT2D eigenvalue weighted by Gasteiger charge is 2.13. The minimum atomic E-state index is -0.585. The highest BCUT2D eigenvalue weighted by atomic mass is 19.1. The van der Waals surface area contributed by atoms with Crippen molar-refractivity contribution in [2.75, 3.05) is 6.61 Å². The molecule has 0 unspecified atom stereocenters. The van der Waals surface area contributed by atoms with Crippen molar-refractivity contribution in [1.82, 2.24) is 0 Å². The van der Waals surface area contributed by atoms with Gasteiger partial charge in [-0.3, -0.25) is 14.9 Å². The van der Waals surface area contributed by atoms with Crippen LogP contribution in [0.25, 0.3) is 0 Å². The fourth-order valence-electron chi connectivity index (χ4n) is 1.75. The predicted molar refractivity (Wildman–Crippen MR) is 74.1 cm³/mol. The van der Waals surface area contributed by atoms with Crippen LogP contribution in [0.3, 0.4) is 0 Å². The Kier molecular flexibility index (Phi) is 4.27. The number of carbonyl (C=O) groups is 1. The highest BCUT2D eigenvalue weighted by molar-refractivity contribution is 5.97. The molecule has 0 saturated heterocycles. The monoisotopic (exact) mass is 289 g/mol. The molecule has 2 aromatic rings. The molecule has 6 heteroatoms. The van der Waals surface area contributed by atoms with Crippen LogP contribution in [0.15, 0.2) is 42.5 Å². The van der Waals surface area contributed by atoms with Gasteiger partial charge in [0.15, 0.2) is 24.0 Å². The second-order valence-electron chi connectivity index (χ2n) is 4.41. The third-order valence-electron chi connectivity index (χ3n) is 2.89. The average Bonchev–Trinajstić information content (AvgIpc) is 2.48. The van der Waals surface area contributed by atoms with Crippen molar-refractivity contribution >= 4 is 11.5 Å². The van der Waals surface area contributed by atoms with Crippen molar-refractivity contribution in [3.8, 4) is 5.75 Å². The molecule has 0 heterocycles. The number of nitrogens with zero attached hydrogens (tertiary/aromatic N) is 1.